The van der Waals surface area contributed by atoms with Crippen LogP contribution in [-0.2, 0) is 4.74 Å². The predicted octanol–water partition coefficient (Wildman–Crippen LogP) is 2.60. The Balaban J connectivity index is 1.62. The molecular weight excluding hydrogens is 322 g/mol. The van der Waals surface area contributed by atoms with Crippen molar-refractivity contribution >= 4 is 0 Å². The van der Waals surface area contributed by atoms with Crippen molar-refractivity contribution in [1.29, 1.82) is 0 Å². The molecule has 7 nitrogen and oxygen atoms in total. The quantitative estimate of drug-likeness (QED) is 0.786. The molecule has 3 aromatic rings. The lowest BCUT2D eigenvalue weighted by molar-refractivity contribution is 0.192. The van der Waals surface area contributed by atoms with Gasteiger partial charge in [-0.2, -0.15) is 4.98 Å². The van der Waals surface area contributed by atoms with E-state index < -0.39 is 0 Å². The summed E-state index contributed by atoms with van der Waals surface area (Å²) >= 11 is 0. The first-order valence-electron chi connectivity index (χ1n) is 8.04. The van der Waals surface area contributed by atoms with Crippen molar-refractivity contribution in [3.8, 4) is 28.5 Å². The van der Waals surface area contributed by atoms with Crippen molar-refractivity contribution < 1.29 is 14.0 Å². The van der Waals surface area contributed by atoms with E-state index in [2.05, 4.69) is 15.1 Å². The summed E-state index contributed by atoms with van der Waals surface area (Å²) in [6.07, 6.45) is 0.867. The van der Waals surface area contributed by atoms with Gasteiger partial charge in [-0.1, -0.05) is 5.16 Å². The van der Waals surface area contributed by atoms with Gasteiger partial charge >= 0.3 is 0 Å². The van der Waals surface area contributed by atoms with Crippen LogP contribution in [0.15, 0.2) is 45.7 Å². The molecule has 1 aliphatic heterocycles. The summed E-state index contributed by atoms with van der Waals surface area (Å²) in [6.45, 7) is 1.29. The molecular formula is C18H17N3O4. The van der Waals surface area contributed by atoms with Gasteiger partial charge < -0.3 is 19.0 Å². The zero-order valence-corrected chi connectivity index (χ0v) is 13.7. The highest BCUT2D eigenvalue weighted by Crippen LogP contribution is 2.25. The maximum Gasteiger partial charge on any atom is 0.263 e. The maximum absolute atomic E-state index is 12.4. The Labute approximate surface area is 143 Å². The Morgan fingerprint density at radius 2 is 2.04 bits per heavy atom. The third-order valence-electron chi connectivity index (χ3n) is 4.28. The lowest BCUT2D eigenvalue weighted by Gasteiger charge is -2.04. The van der Waals surface area contributed by atoms with Gasteiger partial charge in [-0.15, -0.1) is 0 Å². The summed E-state index contributed by atoms with van der Waals surface area (Å²) in [5.74, 6) is 1.71. The zero-order chi connectivity index (χ0) is 17.2. The monoisotopic (exact) mass is 339 g/mol. The van der Waals surface area contributed by atoms with Crippen LogP contribution in [0.2, 0.25) is 0 Å². The van der Waals surface area contributed by atoms with Crippen molar-refractivity contribution in [3.05, 3.63) is 52.6 Å². The fourth-order valence-electron chi connectivity index (χ4n) is 2.83. The minimum absolute atomic E-state index is 0.134. The highest BCUT2D eigenvalue weighted by atomic mass is 16.5. The molecule has 1 unspecified atom stereocenters. The van der Waals surface area contributed by atoms with Gasteiger partial charge in [-0.25, -0.2) is 0 Å². The molecule has 1 aliphatic rings. The number of aromatic amines is 1. The molecule has 25 heavy (non-hydrogen) atoms. The number of hydrogen-bond donors (Lipinski definition) is 1. The van der Waals surface area contributed by atoms with Crippen molar-refractivity contribution in [2.24, 2.45) is 0 Å². The Morgan fingerprint density at radius 3 is 2.72 bits per heavy atom. The number of ether oxygens (including phenoxy) is 2. The van der Waals surface area contributed by atoms with Crippen LogP contribution in [0.1, 0.15) is 18.2 Å². The van der Waals surface area contributed by atoms with Gasteiger partial charge in [0, 0.05) is 18.2 Å². The van der Waals surface area contributed by atoms with Crippen LogP contribution in [0.25, 0.3) is 22.7 Å². The molecule has 1 atom stereocenters. The summed E-state index contributed by atoms with van der Waals surface area (Å²) in [4.78, 5) is 19.6. The standard InChI is InChI=1S/C18H17N3O4/c1-23-13-4-2-11(3-5-13)15-7-6-14(17(22)19-15)18-20-16(21-25-18)12-8-9-24-10-12/h2-7,12H,8-10H2,1H3,(H,19,22). The van der Waals surface area contributed by atoms with Crippen LogP contribution in [0.3, 0.4) is 0 Å². The van der Waals surface area contributed by atoms with E-state index in [-0.39, 0.29) is 17.4 Å². The number of aromatic nitrogens is 3. The van der Waals surface area contributed by atoms with E-state index in [1.807, 2.05) is 30.3 Å². The molecule has 1 aromatic carbocycles. The lowest BCUT2D eigenvalue weighted by Crippen LogP contribution is -2.09. The Morgan fingerprint density at radius 1 is 1.20 bits per heavy atom. The van der Waals surface area contributed by atoms with Crippen LogP contribution in [-0.4, -0.2) is 35.4 Å². The largest absolute Gasteiger partial charge is 0.497 e. The number of rotatable bonds is 4. The molecule has 1 fully saturated rings. The molecule has 0 radical (unpaired) electrons. The van der Waals surface area contributed by atoms with E-state index in [4.69, 9.17) is 14.0 Å². The molecule has 1 N–H and O–H groups in total. The molecule has 0 bridgehead atoms. The van der Waals surface area contributed by atoms with Crippen molar-refractivity contribution in [3.63, 3.8) is 0 Å². The molecule has 4 rings (SSSR count). The molecule has 3 heterocycles. The average Bonchev–Trinajstić information content (AvgIpc) is 3.33. The fraction of sp³-hybridized carbons (Fsp3) is 0.278. The smallest absolute Gasteiger partial charge is 0.263 e. The average molecular weight is 339 g/mol. The summed E-state index contributed by atoms with van der Waals surface area (Å²) in [7, 11) is 1.61. The molecule has 0 spiro atoms. The first-order chi connectivity index (χ1) is 12.2. The highest BCUT2D eigenvalue weighted by Gasteiger charge is 2.24. The summed E-state index contributed by atoms with van der Waals surface area (Å²) in [6, 6.07) is 11.0. The van der Waals surface area contributed by atoms with Gasteiger partial charge in [0.05, 0.1) is 13.7 Å². The van der Waals surface area contributed by atoms with Crippen LogP contribution < -0.4 is 10.3 Å². The van der Waals surface area contributed by atoms with Crippen LogP contribution >= 0.6 is 0 Å². The summed E-state index contributed by atoms with van der Waals surface area (Å²) in [5, 5.41) is 3.98. The second kappa shape index (κ2) is 6.52. The van der Waals surface area contributed by atoms with E-state index in [1.54, 1.807) is 13.2 Å². The van der Waals surface area contributed by atoms with Gasteiger partial charge in [-0.05, 0) is 48.4 Å². The third-order valence-corrected chi connectivity index (χ3v) is 4.28. The van der Waals surface area contributed by atoms with Gasteiger partial charge in [0.25, 0.3) is 11.4 Å². The molecule has 1 saturated heterocycles. The first-order valence-corrected chi connectivity index (χ1v) is 8.04. The first kappa shape index (κ1) is 15.6. The number of nitrogens with zero attached hydrogens (tertiary/aromatic N) is 2. The van der Waals surface area contributed by atoms with Crippen LogP contribution in [0, 0.1) is 0 Å². The van der Waals surface area contributed by atoms with Gasteiger partial charge in [0.15, 0.2) is 5.82 Å². The number of hydrogen-bond acceptors (Lipinski definition) is 6. The molecule has 7 heteroatoms. The van der Waals surface area contributed by atoms with Crippen molar-refractivity contribution in [1.82, 2.24) is 15.1 Å². The second-order valence-electron chi connectivity index (χ2n) is 5.86. The van der Waals surface area contributed by atoms with E-state index in [9.17, 15) is 4.79 Å². The third kappa shape index (κ3) is 3.06. The number of benzene rings is 1. The van der Waals surface area contributed by atoms with E-state index >= 15 is 0 Å². The van der Waals surface area contributed by atoms with Crippen molar-refractivity contribution in [2.75, 3.05) is 20.3 Å². The number of pyridine rings is 1. The van der Waals surface area contributed by atoms with E-state index in [0.717, 1.165) is 17.7 Å². The molecule has 0 saturated carbocycles. The predicted molar refractivity (Wildman–Crippen MR) is 90.5 cm³/mol. The normalized spacial score (nSPS) is 16.9. The summed E-state index contributed by atoms with van der Waals surface area (Å²) < 4.78 is 15.7. The number of H-pyrrole nitrogens is 1. The van der Waals surface area contributed by atoms with Gasteiger partial charge in [0.1, 0.15) is 11.3 Å². The highest BCUT2D eigenvalue weighted by molar-refractivity contribution is 5.63. The minimum atomic E-state index is -0.272. The number of methoxy groups -OCH3 is 1. The Kier molecular flexibility index (Phi) is 4.07. The molecule has 128 valence electrons. The van der Waals surface area contributed by atoms with Crippen LogP contribution in [0.4, 0.5) is 0 Å². The Hall–Kier alpha value is -2.93. The zero-order valence-electron chi connectivity index (χ0n) is 13.7. The molecule has 2 aromatic heterocycles. The van der Waals surface area contributed by atoms with Crippen molar-refractivity contribution in [2.45, 2.75) is 12.3 Å². The van der Waals surface area contributed by atoms with E-state index in [1.165, 1.54) is 0 Å². The molecule has 0 amide bonds. The van der Waals surface area contributed by atoms with Gasteiger partial charge in [0.2, 0.25) is 0 Å². The SMILES string of the molecule is COc1ccc(-c2ccc(-c3nc(C4CCOC4)no3)c(=O)[nH]2)cc1. The number of nitrogens with one attached hydrogen (secondary N) is 1. The minimum Gasteiger partial charge on any atom is -0.497 e. The maximum atomic E-state index is 12.4. The van der Waals surface area contributed by atoms with E-state index in [0.29, 0.717) is 30.3 Å². The van der Waals surface area contributed by atoms with Crippen LogP contribution in [0.5, 0.6) is 5.75 Å². The topological polar surface area (TPSA) is 90.2 Å². The second-order valence-corrected chi connectivity index (χ2v) is 5.86. The fourth-order valence-corrected chi connectivity index (χ4v) is 2.83. The summed E-state index contributed by atoms with van der Waals surface area (Å²) in [5.41, 5.74) is 1.68. The Bertz CT molecular complexity index is 924. The lowest BCUT2D eigenvalue weighted by atomic mass is 10.1. The molecule has 0 aliphatic carbocycles. The van der Waals surface area contributed by atoms with Gasteiger partial charge in [-0.3, -0.25) is 4.79 Å².